The summed E-state index contributed by atoms with van der Waals surface area (Å²) in [5.41, 5.74) is -15.8. The van der Waals surface area contributed by atoms with Crippen molar-refractivity contribution in [2.75, 3.05) is 0 Å². The van der Waals surface area contributed by atoms with Crippen molar-refractivity contribution in [3.05, 3.63) is 16.7 Å². The van der Waals surface area contributed by atoms with Gasteiger partial charge in [-0.3, -0.25) is 0 Å². The summed E-state index contributed by atoms with van der Waals surface area (Å²) in [6.45, 7) is -1.21. The summed E-state index contributed by atoms with van der Waals surface area (Å²) < 4.78 is 14.7. The van der Waals surface area contributed by atoms with Gasteiger partial charge in [-0.2, -0.15) is 0 Å². The van der Waals surface area contributed by atoms with Gasteiger partial charge in [0, 0.05) is 16.5 Å². The van der Waals surface area contributed by atoms with Crippen LogP contribution in [-0.4, -0.2) is 262 Å². The maximum atomic E-state index is 7.86. The molecule has 1 aromatic heterocycles. The van der Waals surface area contributed by atoms with E-state index in [2.05, 4.69) is 0 Å². The number of rotatable bonds is 5. The summed E-state index contributed by atoms with van der Waals surface area (Å²) in [4.78, 5) is 0. The van der Waals surface area contributed by atoms with E-state index in [1.54, 1.807) is 0 Å². The third-order valence-electron chi connectivity index (χ3n) is 16.8. The fourth-order valence-corrected chi connectivity index (χ4v) is 12.3. The Kier molecular flexibility index (Phi) is 15.1. The lowest BCUT2D eigenvalue weighted by molar-refractivity contribution is 0.474. The molecule has 3 heterocycles. The van der Waals surface area contributed by atoms with Crippen molar-refractivity contribution < 1.29 is 9.47 Å². The first-order chi connectivity index (χ1) is 39.6. The Hall–Kier alpha value is -4.70. The minimum Gasteiger partial charge on any atom is -0.460 e. The van der Waals surface area contributed by atoms with Crippen LogP contribution in [0.4, 0.5) is 0 Å². The van der Waals surface area contributed by atoms with Crippen LogP contribution in [0.2, 0.25) is 0 Å². The molecule has 8 aromatic carbocycles. The van der Waals surface area contributed by atoms with Crippen LogP contribution in [0.1, 0.15) is 16.7 Å². The number of ether oxygens (including phenoxy) is 2. The molecule has 0 N–H and O–H groups in total. The van der Waals surface area contributed by atoms with Gasteiger partial charge in [0.25, 0.3) is 6.71 Å². The summed E-state index contributed by atoms with van der Waals surface area (Å²) in [5.74, 6) is -0.767. The van der Waals surface area contributed by atoms with Gasteiger partial charge < -0.3 is 14.0 Å². The Morgan fingerprint density at radius 3 is 0.788 bits per heavy atom. The first kappa shape index (κ1) is 61.9. The zero-order valence-electron chi connectivity index (χ0n) is 44.8. The van der Waals surface area contributed by atoms with E-state index in [0.29, 0.717) is 0 Å². The molecule has 0 atom stereocenters. The van der Waals surface area contributed by atoms with Crippen molar-refractivity contribution in [2.45, 2.75) is 5.54 Å². The summed E-state index contributed by atoms with van der Waals surface area (Å²) in [6.07, 6.45) is 0. The van der Waals surface area contributed by atoms with Gasteiger partial charge >= 0.3 is 0 Å². The molecule has 9 aromatic rings. The second-order valence-corrected chi connectivity index (χ2v) is 20.8. The van der Waals surface area contributed by atoms with Crippen LogP contribution >= 0.6 is 0 Å². The standard InChI is InChI=1S/C49B33NO2/c50-8-1(2-12(54)45-42-46(13(2)55)85-48-39(81)33(75)29(71)35(77)41(48)82(42)40-34(76)28(70)32(74)38(80)47(40)84-45)9(51)19(61)14(56)5(8)49(6-15(57)22(64)26(68)23(65)16(6)58,7-17(59)24(66)27(69)25(67)18(7)60)83-43-3(10(52)20(62)30(72)36(43)78)4-11(53)21(63)31(73)37(79)44(4)83. The van der Waals surface area contributed by atoms with E-state index in [9.17, 15) is 0 Å². The average Bonchev–Trinajstić information content (AvgIpc) is 1.68. The summed E-state index contributed by atoms with van der Waals surface area (Å²) in [7, 11) is 223. The molecule has 2 aliphatic rings. The SMILES string of the molecule is [B]c1c([B])c([B])c(C(c2c([B])c([B])c([B])c([B])c2[B])(c2c([B])c([B])c([B])c(-c3c([B])c4c5c(c3[B])Oc3c([B])c([B])c([B])c([B])c3B5c3c([B])c([B])c([B])c([B])c3O4)c2[B])n2c3c([B])c([B])c([B])c([B])c3c3c([B])c([B])c([B])c([B])c32)c([B])c1[B]. The van der Waals surface area contributed by atoms with Gasteiger partial charge in [0.05, 0.1) is 0 Å². The Bertz CT molecular complexity index is 4400. The molecule has 85 heavy (non-hydrogen) atoms. The van der Waals surface area contributed by atoms with E-state index in [1.807, 2.05) is 0 Å². The molecule has 2 aliphatic heterocycles. The molecule has 11 rings (SSSR count). The van der Waals surface area contributed by atoms with Crippen LogP contribution < -0.4 is 201 Å². The van der Waals surface area contributed by atoms with Crippen LogP contribution in [-0.2, 0) is 5.54 Å². The molecular weight excluding hydrogens is 991 g/mol. The van der Waals surface area contributed by atoms with Gasteiger partial charge in [-0.15, -0.1) is 92.9 Å². The Labute approximate surface area is 537 Å². The predicted molar refractivity (Wildman–Crippen MR) is 390 cm³/mol. The largest absolute Gasteiger partial charge is 0.460 e. The molecule has 0 saturated heterocycles. The molecular formula is C49B33NO2. The van der Waals surface area contributed by atoms with Crippen molar-refractivity contribution in [3.63, 3.8) is 0 Å². The number of hydrogen-bond acceptors (Lipinski definition) is 2. The van der Waals surface area contributed by atoms with E-state index >= 15 is 0 Å². The first-order valence-corrected chi connectivity index (χ1v) is 24.8. The third kappa shape index (κ3) is 7.75. The smallest absolute Gasteiger partial charge is 0.258 e. The Balaban J connectivity index is 1.47. The van der Waals surface area contributed by atoms with Gasteiger partial charge in [0.15, 0.2) is 0 Å². The fraction of sp³-hybridized carbons (Fsp3) is 0.0204. The molecule has 312 valence electrons. The molecule has 0 aliphatic carbocycles. The number of benzene rings is 8. The highest BCUT2D eigenvalue weighted by Gasteiger charge is 2.50. The van der Waals surface area contributed by atoms with Crippen LogP contribution in [0.25, 0.3) is 32.9 Å². The molecule has 3 nitrogen and oxygen atoms in total. The molecule has 0 spiro atoms. The van der Waals surface area contributed by atoms with Gasteiger partial charge in [-0.05, 0) is 60.4 Å². The molecule has 0 unspecified atom stereocenters. The van der Waals surface area contributed by atoms with Crippen LogP contribution in [0.15, 0.2) is 0 Å². The molecule has 0 amide bonds. The zero-order valence-corrected chi connectivity index (χ0v) is 44.8. The number of nitrogens with zero attached hydrogens (tertiary/aromatic N) is 1. The maximum absolute atomic E-state index is 7.86. The van der Waals surface area contributed by atoms with E-state index in [4.69, 9.17) is 261 Å². The van der Waals surface area contributed by atoms with Crippen LogP contribution in [0, 0.1) is 0 Å². The second-order valence-electron chi connectivity index (χ2n) is 20.8. The zero-order chi connectivity index (χ0) is 62.8. The van der Waals surface area contributed by atoms with Crippen molar-refractivity contribution in [3.8, 4) is 34.1 Å². The number of hydrogen-bond donors (Lipinski definition) is 0. The highest BCUT2D eigenvalue weighted by atomic mass is 16.5. The van der Waals surface area contributed by atoms with Gasteiger partial charge in [-0.1, -0.05) is 71.0 Å². The Morgan fingerprint density at radius 2 is 0.447 bits per heavy atom. The highest BCUT2D eigenvalue weighted by molar-refractivity contribution is 7.04. The summed E-state index contributed by atoms with van der Waals surface area (Å²) in [6, 6.07) is 0. The third-order valence-corrected chi connectivity index (χ3v) is 16.8. The first-order valence-electron chi connectivity index (χ1n) is 24.8. The van der Waals surface area contributed by atoms with Crippen molar-refractivity contribution in [2.24, 2.45) is 0 Å². The monoisotopic (exact) mass is 997 g/mol. The van der Waals surface area contributed by atoms with E-state index < -0.39 is 94.5 Å². The average molecular weight is 991 g/mol. The molecule has 0 bridgehead atoms. The minimum atomic E-state index is -2.92. The second kappa shape index (κ2) is 20.7. The van der Waals surface area contributed by atoms with Crippen molar-refractivity contribution >= 4 is 471 Å². The van der Waals surface area contributed by atoms with Crippen LogP contribution in [0.5, 0.6) is 23.0 Å². The van der Waals surface area contributed by atoms with Gasteiger partial charge in [-0.25, -0.2) is 0 Å². The van der Waals surface area contributed by atoms with Gasteiger partial charge in [0.1, 0.15) is 280 Å². The molecule has 36 heteroatoms. The molecule has 64 radical (unpaired) electrons. The van der Waals surface area contributed by atoms with E-state index in [0.717, 1.165) is 0 Å². The lowest BCUT2D eigenvalue weighted by Crippen LogP contribution is -2.73. The normalized spacial score (nSPS) is 12.5. The number of aromatic nitrogens is 1. The lowest BCUT2D eigenvalue weighted by atomic mass is 9.30. The fourth-order valence-electron chi connectivity index (χ4n) is 12.3. The number of fused-ring (bicyclic) bond motifs is 7. The predicted octanol–water partition coefficient (Wildman–Crippen LogP) is -28.6. The van der Waals surface area contributed by atoms with E-state index in [1.165, 1.54) is 4.57 Å². The minimum absolute atomic E-state index is 0.0706. The highest BCUT2D eigenvalue weighted by Crippen LogP contribution is 2.42. The molecule has 0 fully saturated rings. The van der Waals surface area contributed by atoms with Crippen molar-refractivity contribution in [1.82, 2.24) is 4.57 Å². The quantitative estimate of drug-likeness (QED) is 0.127. The maximum Gasteiger partial charge on any atom is 0.258 e. The topological polar surface area (TPSA) is 23.4 Å². The van der Waals surface area contributed by atoms with E-state index in [-0.39, 0.29) is 182 Å². The van der Waals surface area contributed by atoms with Crippen LogP contribution in [0.3, 0.4) is 0 Å². The lowest BCUT2D eigenvalue weighted by Gasteiger charge is -2.49. The van der Waals surface area contributed by atoms with Gasteiger partial charge in [0.2, 0.25) is 0 Å². The summed E-state index contributed by atoms with van der Waals surface area (Å²) in [5, 5.41) is -0.197. The summed E-state index contributed by atoms with van der Waals surface area (Å²) >= 11 is 0. The Morgan fingerprint density at radius 1 is 0.212 bits per heavy atom. The van der Waals surface area contributed by atoms with Crippen molar-refractivity contribution in [1.29, 1.82) is 0 Å². The molecule has 0 saturated carbocycles.